The third-order valence-corrected chi connectivity index (χ3v) is 7.93. The molecule has 0 spiro atoms. The van der Waals surface area contributed by atoms with Gasteiger partial charge < -0.3 is 10.2 Å². The van der Waals surface area contributed by atoms with Gasteiger partial charge in [0.25, 0.3) is 5.91 Å². The van der Waals surface area contributed by atoms with Crippen molar-refractivity contribution in [2.45, 2.75) is 83.3 Å². The zero-order chi connectivity index (χ0) is 22.7. The topological polar surface area (TPSA) is 93.0 Å². The van der Waals surface area contributed by atoms with Crippen LogP contribution in [0.3, 0.4) is 0 Å². The number of benzene rings is 1. The normalized spacial score (nSPS) is 24.5. The fourth-order valence-electron chi connectivity index (χ4n) is 6.17. The summed E-state index contributed by atoms with van der Waals surface area (Å²) in [6.07, 6.45) is 12.0. The third kappa shape index (κ3) is 5.09. The third-order valence-electron chi connectivity index (χ3n) is 7.93. The largest absolute Gasteiger partial charge is 0.353 e. The number of hydrogen-bond donors (Lipinski definition) is 1. The smallest absolute Gasteiger partial charge is 0.254 e. The van der Waals surface area contributed by atoms with Gasteiger partial charge in [0, 0.05) is 31.1 Å². The molecule has 0 bridgehead atoms. The van der Waals surface area contributed by atoms with E-state index in [0.29, 0.717) is 18.9 Å². The van der Waals surface area contributed by atoms with E-state index in [1.54, 1.807) is 11.0 Å². The van der Waals surface area contributed by atoms with Crippen LogP contribution in [0.5, 0.6) is 0 Å². The summed E-state index contributed by atoms with van der Waals surface area (Å²) in [7, 11) is 0. The van der Waals surface area contributed by atoms with Crippen molar-refractivity contribution in [1.82, 2.24) is 30.4 Å². The number of amides is 2. The van der Waals surface area contributed by atoms with Gasteiger partial charge in [0.05, 0.1) is 6.54 Å². The Morgan fingerprint density at radius 3 is 2.61 bits per heavy atom. The molecule has 1 aromatic carbocycles. The van der Waals surface area contributed by atoms with E-state index >= 15 is 0 Å². The number of tetrazole rings is 1. The standard InChI is InChI=1S/C25H34N6O2/c32-23(14-25(12-4-1-5-13-25)17-31-18-26-28-29-31)27-21-10-8-19(9-11-21)15-30-16-20-6-2-3-7-22(20)24(30)33/h2-3,6-7,18-19,21H,1,4-5,8-17H2,(H,27,32). The van der Waals surface area contributed by atoms with Crippen LogP contribution in [0.4, 0.5) is 0 Å². The van der Waals surface area contributed by atoms with Crippen molar-refractivity contribution in [2.75, 3.05) is 6.54 Å². The summed E-state index contributed by atoms with van der Waals surface area (Å²) in [5.74, 6) is 0.848. The van der Waals surface area contributed by atoms with Gasteiger partial charge in [-0.15, -0.1) is 5.10 Å². The van der Waals surface area contributed by atoms with Gasteiger partial charge in [0.2, 0.25) is 5.91 Å². The fraction of sp³-hybridized carbons (Fsp3) is 0.640. The Morgan fingerprint density at radius 2 is 1.88 bits per heavy atom. The number of rotatable bonds is 7. The molecule has 2 aliphatic carbocycles. The van der Waals surface area contributed by atoms with Crippen LogP contribution in [0.15, 0.2) is 30.6 Å². The Morgan fingerprint density at radius 1 is 1.09 bits per heavy atom. The van der Waals surface area contributed by atoms with E-state index in [2.05, 4.69) is 26.9 Å². The molecule has 2 fully saturated rings. The molecule has 8 heteroatoms. The minimum Gasteiger partial charge on any atom is -0.353 e. The molecular weight excluding hydrogens is 416 g/mol. The second-order valence-electron chi connectivity index (χ2n) is 10.4. The van der Waals surface area contributed by atoms with Crippen molar-refractivity contribution >= 4 is 11.8 Å². The minimum atomic E-state index is -0.0416. The molecule has 0 radical (unpaired) electrons. The minimum absolute atomic E-state index is 0.0416. The summed E-state index contributed by atoms with van der Waals surface area (Å²) < 4.78 is 1.78. The van der Waals surface area contributed by atoms with Crippen LogP contribution in [-0.4, -0.2) is 49.5 Å². The van der Waals surface area contributed by atoms with Gasteiger partial charge in [-0.2, -0.15) is 0 Å². The summed E-state index contributed by atoms with van der Waals surface area (Å²) in [4.78, 5) is 27.7. The lowest BCUT2D eigenvalue weighted by Crippen LogP contribution is -2.43. The van der Waals surface area contributed by atoms with E-state index in [4.69, 9.17) is 0 Å². The molecule has 0 saturated heterocycles. The first-order valence-electron chi connectivity index (χ1n) is 12.5. The van der Waals surface area contributed by atoms with Crippen LogP contribution in [-0.2, 0) is 17.9 Å². The van der Waals surface area contributed by atoms with Crippen molar-refractivity contribution in [2.24, 2.45) is 11.3 Å². The van der Waals surface area contributed by atoms with Crippen LogP contribution < -0.4 is 5.32 Å². The maximum absolute atomic E-state index is 13.0. The highest BCUT2D eigenvalue weighted by atomic mass is 16.2. The first-order chi connectivity index (χ1) is 16.1. The molecule has 2 heterocycles. The van der Waals surface area contributed by atoms with Gasteiger partial charge >= 0.3 is 0 Å². The van der Waals surface area contributed by atoms with Gasteiger partial charge in [-0.25, -0.2) is 4.68 Å². The molecule has 1 aromatic heterocycles. The quantitative estimate of drug-likeness (QED) is 0.698. The predicted molar refractivity (Wildman–Crippen MR) is 123 cm³/mol. The van der Waals surface area contributed by atoms with Gasteiger partial charge in [0.15, 0.2) is 0 Å². The van der Waals surface area contributed by atoms with Gasteiger partial charge in [-0.1, -0.05) is 37.5 Å². The first-order valence-corrected chi connectivity index (χ1v) is 12.5. The van der Waals surface area contributed by atoms with Crippen molar-refractivity contribution in [1.29, 1.82) is 0 Å². The van der Waals surface area contributed by atoms with Crippen LogP contribution in [0.2, 0.25) is 0 Å². The van der Waals surface area contributed by atoms with Crippen molar-refractivity contribution in [3.63, 3.8) is 0 Å². The van der Waals surface area contributed by atoms with Crippen LogP contribution in [0, 0.1) is 11.3 Å². The van der Waals surface area contributed by atoms with Crippen LogP contribution >= 0.6 is 0 Å². The molecule has 0 atom stereocenters. The Bertz CT molecular complexity index is 961. The monoisotopic (exact) mass is 450 g/mol. The Balaban J connectivity index is 1.10. The maximum Gasteiger partial charge on any atom is 0.254 e. The molecule has 5 rings (SSSR count). The number of carbonyl (C=O) groups is 2. The number of nitrogens with one attached hydrogen (secondary N) is 1. The molecule has 2 aromatic rings. The summed E-state index contributed by atoms with van der Waals surface area (Å²) in [6, 6.07) is 8.17. The highest BCUT2D eigenvalue weighted by molar-refractivity contribution is 5.98. The van der Waals surface area contributed by atoms with E-state index in [1.807, 2.05) is 23.1 Å². The number of hydrogen-bond acceptors (Lipinski definition) is 5. The molecule has 1 N–H and O–H groups in total. The van der Waals surface area contributed by atoms with Crippen LogP contribution in [0.25, 0.3) is 0 Å². The average Bonchev–Trinajstić information content (AvgIpc) is 3.43. The summed E-state index contributed by atoms with van der Waals surface area (Å²) in [5, 5.41) is 14.9. The zero-order valence-electron chi connectivity index (χ0n) is 19.3. The molecule has 33 heavy (non-hydrogen) atoms. The lowest BCUT2D eigenvalue weighted by Gasteiger charge is -2.37. The molecular formula is C25H34N6O2. The second kappa shape index (κ2) is 9.61. The van der Waals surface area contributed by atoms with E-state index in [9.17, 15) is 9.59 Å². The van der Waals surface area contributed by atoms with E-state index < -0.39 is 0 Å². The average molecular weight is 451 g/mol. The van der Waals surface area contributed by atoms with Gasteiger partial charge in [-0.3, -0.25) is 9.59 Å². The van der Waals surface area contributed by atoms with Crippen molar-refractivity contribution < 1.29 is 9.59 Å². The summed E-state index contributed by atoms with van der Waals surface area (Å²) in [6.45, 7) is 2.27. The van der Waals surface area contributed by atoms with E-state index in [-0.39, 0.29) is 23.3 Å². The van der Waals surface area contributed by atoms with Crippen LogP contribution in [0.1, 0.15) is 80.1 Å². The zero-order valence-corrected chi connectivity index (χ0v) is 19.3. The Labute approximate surface area is 195 Å². The van der Waals surface area contributed by atoms with Crippen molar-refractivity contribution in [3.05, 3.63) is 41.7 Å². The molecule has 176 valence electrons. The summed E-state index contributed by atoms with van der Waals surface area (Å²) in [5.41, 5.74) is 1.96. The predicted octanol–water partition coefficient (Wildman–Crippen LogP) is 3.34. The number of aromatic nitrogens is 4. The number of carbonyl (C=O) groups excluding carboxylic acids is 2. The van der Waals surface area contributed by atoms with Crippen molar-refractivity contribution in [3.8, 4) is 0 Å². The molecule has 0 unspecified atom stereocenters. The fourth-order valence-corrected chi connectivity index (χ4v) is 6.17. The van der Waals surface area contributed by atoms with Gasteiger partial charge in [-0.05, 0) is 71.9 Å². The number of fused-ring (bicyclic) bond motifs is 1. The SMILES string of the molecule is O=C(CC1(Cn2cnnn2)CCCCC1)NC1CCC(CN2Cc3ccccc3C2=O)CC1. The highest BCUT2D eigenvalue weighted by Gasteiger charge is 2.36. The second-order valence-corrected chi connectivity index (χ2v) is 10.4. The molecule has 2 amide bonds. The lowest BCUT2D eigenvalue weighted by atomic mass is 9.71. The van der Waals surface area contributed by atoms with E-state index in [0.717, 1.165) is 62.7 Å². The lowest BCUT2D eigenvalue weighted by molar-refractivity contribution is -0.125. The molecule has 3 aliphatic rings. The summed E-state index contributed by atoms with van der Waals surface area (Å²) >= 11 is 0. The van der Waals surface area contributed by atoms with E-state index in [1.165, 1.54) is 19.3 Å². The molecule has 8 nitrogen and oxygen atoms in total. The maximum atomic E-state index is 13.0. The van der Waals surface area contributed by atoms with Gasteiger partial charge in [0.1, 0.15) is 6.33 Å². The number of nitrogens with zero attached hydrogens (tertiary/aromatic N) is 5. The first kappa shape index (κ1) is 22.0. The Kier molecular flexibility index (Phi) is 6.42. The molecule has 2 saturated carbocycles. The highest BCUT2D eigenvalue weighted by Crippen LogP contribution is 2.41. The molecule has 1 aliphatic heterocycles. The Hall–Kier alpha value is -2.77.